The molecule has 1 amide bonds. The van der Waals surface area contributed by atoms with Crippen LogP contribution in [0.4, 0.5) is 21.5 Å². The van der Waals surface area contributed by atoms with E-state index < -0.39 is 5.82 Å². The number of nitrogens with one attached hydrogen (secondary N) is 2. The molecular weight excluding hydrogens is 331 g/mol. The van der Waals surface area contributed by atoms with Gasteiger partial charge in [-0.3, -0.25) is 4.79 Å². The van der Waals surface area contributed by atoms with E-state index in [1.807, 2.05) is 43.3 Å². The topological polar surface area (TPSA) is 50.4 Å². The summed E-state index contributed by atoms with van der Waals surface area (Å²) in [7, 11) is 0. The first-order valence-corrected chi connectivity index (χ1v) is 8.31. The van der Waals surface area contributed by atoms with Crippen molar-refractivity contribution in [3.63, 3.8) is 0 Å². The molecule has 0 heterocycles. The molecule has 0 spiro atoms. The number of benzene rings is 3. The highest BCUT2D eigenvalue weighted by Gasteiger charge is 2.07. The summed E-state index contributed by atoms with van der Waals surface area (Å²) in [6.07, 6.45) is 0. The summed E-state index contributed by atoms with van der Waals surface area (Å²) in [5, 5.41) is 6.02. The molecule has 0 saturated heterocycles. The molecule has 0 fully saturated rings. The number of carbonyl (C=O) groups is 1. The molecule has 2 N–H and O–H groups in total. The third-order valence-electron chi connectivity index (χ3n) is 3.68. The minimum absolute atomic E-state index is 0.279. The van der Waals surface area contributed by atoms with Crippen molar-refractivity contribution in [2.45, 2.75) is 6.92 Å². The highest BCUT2D eigenvalue weighted by Crippen LogP contribution is 2.21. The lowest BCUT2D eigenvalue weighted by Crippen LogP contribution is -2.11. The summed E-state index contributed by atoms with van der Waals surface area (Å²) in [4.78, 5) is 12.1. The Morgan fingerprint density at radius 1 is 0.923 bits per heavy atom. The van der Waals surface area contributed by atoms with Gasteiger partial charge in [-0.15, -0.1) is 0 Å². The average molecular weight is 350 g/mol. The van der Waals surface area contributed by atoms with Gasteiger partial charge in [-0.05, 0) is 73.7 Å². The van der Waals surface area contributed by atoms with E-state index in [1.54, 1.807) is 18.2 Å². The largest absolute Gasteiger partial charge is 0.494 e. The molecule has 0 unspecified atom stereocenters. The lowest BCUT2D eigenvalue weighted by molar-refractivity contribution is 0.102. The molecule has 0 radical (unpaired) electrons. The maximum Gasteiger partial charge on any atom is 0.255 e. The third kappa shape index (κ3) is 4.60. The van der Waals surface area contributed by atoms with Crippen LogP contribution in [0.2, 0.25) is 0 Å². The van der Waals surface area contributed by atoms with Gasteiger partial charge in [-0.25, -0.2) is 4.39 Å². The van der Waals surface area contributed by atoms with Crippen LogP contribution in [0.5, 0.6) is 5.75 Å². The molecule has 132 valence electrons. The highest BCUT2D eigenvalue weighted by molar-refractivity contribution is 6.04. The lowest BCUT2D eigenvalue weighted by Gasteiger charge is -2.10. The van der Waals surface area contributed by atoms with Crippen molar-refractivity contribution < 1.29 is 13.9 Å². The van der Waals surface area contributed by atoms with E-state index in [4.69, 9.17) is 4.74 Å². The molecule has 3 aromatic carbocycles. The van der Waals surface area contributed by atoms with Crippen LogP contribution in [0.3, 0.4) is 0 Å². The van der Waals surface area contributed by atoms with Crippen LogP contribution >= 0.6 is 0 Å². The molecule has 0 aromatic heterocycles. The maximum atomic E-state index is 13.2. The number of ether oxygens (including phenoxy) is 1. The predicted molar refractivity (Wildman–Crippen MR) is 102 cm³/mol. The Morgan fingerprint density at radius 3 is 2.15 bits per heavy atom. The number of amides is 1. The fourth-order valence-electron chi connectivity index (χ4n) is 2.44. The number of carbonyl (C=O) groups excluding carboxylic acids is 1. The van der Waals surface area contributed by atoms with Crippen LogP contribution in [0.25, 0.3) is 0 Å². The summed E-state index contributed by atoms with van der Waals surface area (Å²) < 4.78 is 18.6. The molecule has 0 saturated carbocycles. The zero-order valence-corrected chi connectivity index (χ0v) is 14.3. The van der Waals surface area contributed by atoms with Crippen molar-refractivity contribution >= 4 is 23.0 Å². The quantitative estimate of drug-likeness (QED) is 0.641. The average Bonchev–Trinajstić information content (AvgIpc) is 2.65. The Morgan fingerprint density at radius 2 is 1.54 bits per heavy atom. The fourth-order valence-corrected chi connectivity index (χ4v) is 2.44. The molecule has 0 aliphatic heterocycles. The second-order valence-electron chi connectivity index (χ2n) is 5.62. The summed E-state index contributed by atoms with van der Waals surface area (Å²) in [5.74, 6) is 0.0396. The van der Waals surface area contributed by atoms with Gasteiger partial charge in [0.2, 0.25) is 0 Å². The van der Waals surface area contributed by atoms with E-state index >= 15 is 0 Å². The molecule has 5 heteroatoms. The number of halogens is 1. The Labute approximate surface area is 151 Å². The molecule has 0 aliphatic rings. The zero-order chi connectivity index (χ0) is 18.4. The van der Waals surface area contributed by atoms with Crippen LogP contribution < -0.4 is 15.4 Å². The third-order valence-corrected chi connectivity index (χ3v) is 3.68. The highest BCUT2D eigenvalue weighted by atomic mass is 19.1. The smallest absolute Gasteiger partial charge is 0.255 e. The summed E-state index contributed by atoms with van der Waals surface area (Å²) in [6.45, 7) is 2.58. The Hall–Kier alpha value is -3.34. The van der Waals surface area contributed by atoms with Gasteiger partial charge in [-0.2, -0.15) is 0 Å². The Bertz CT molecular complexity index is 877. The molecule has 0 bridgehead atoms. The van der Waals surface area contributed by atoms with Crippen molar-refractivity contribution in [1.29, 1.82) is 0 Å². The minimum atomic E-state index is -0.437. The molecule has 26 heavy (non-hydrogen) atoms. The molecule has 4 nitrogen and oxygen atoms in total. The maximum absolute atomic E-state index is 13.2. The second kappa shape index (κ2) is 8.16. The van der Waals surface area contributed by atoms with Gasteiger partial charge in [0.1, 0.15) is 11.6 Å². The molecule has 0 aliphatic carbocycles. The van der Waals surface area contributed by atoms with Gasteiger partial charge in [0.05, 0.1) is 6.61 Å². The van der Waals surface area contributed by atoms with E-state index in [0.717, 1.165) is 17.1 Å². The molecule has 3 rings (SSSR count). The Balaban J connectivity index is 1.62. The first-order valence-electron chi connectivity index (χ1n) is 8.31. The van der Waals surface area contributed by atoms with Gasteiger partial charge in [0.15, 0.2) is 0 Å². The van der Waals surface area contributed by atoms with Crippen LogP contribution in [0.15, 0.2) is 72.8 Å². The van der Waals surface area contributed by atoms with E-state index in [0.29, 0.717) is 12.3 Å². The van der Waals surface area contributed by atoms with Crippen molar-refractivity contribution in [3.8, 4) is 5.75 Å². The van der Waals surface area contributed by atoms with E-state index in [-0.39, 0.29) is 11.5 Å². The Kier molecular flexibility index (Phi) is 5.49. The monoisotopic (exact) mass is 350 g/mol. The molecular formula is C21H19FN2O2. The zero-order valence-electron chi connectivity index (χ0n) is 14.3. The first kappa shape index (κ1) is 17.5. The van der Waals surface area contributed by atoms with Crippen LogP contribution in [-0.2, 0) is 0 Å². The van der Waals surface area contributed by atoms with Gasteiger partial charge >= 0.3 is 0 Å². The second-order valence-corrected chi connectivity index (χ2v) is 5.62. The first-order chi connectivity index (χ1) is 12.6. The normalized spacial score (nSPS) is 10.2. The summed E-state index contributed by atoms with van der Waals surface area (Å²) in [5.41, 5.74) is 2.74. The van der Waals surface area contributed by atoms with Crippen molar-refractivity contribution in [3.05, 3.63) is 84.2 Å². The van der Waals surface area contributed by atoms with Crippen LogP contribution in [-0.4, -0.2) is 12.5 Å². The minimum Gasteiger partial charge on any atom is -0.494 e. The number of hydrogen-bond donors (Lipinski definition) is 2. The van der Waals surface area contributed by atoms with Crippen LogP contribution in [0.1, 0.15) is 17.3 Å². The van der Waals surface area contributed by atoms with Crippen LogP contribution in [0, 0.1) is 5.82 Å². The standard InChI is InChI=1S/C21H19FN2O2/c1-2-26-20-12-10-18(11-13-20)23-17-6-8-19(9-7-17)24-21(25)15-4-3-5-16(22)14-15/h3-14,23H,2H2,1H3,(H,24,25). The molecule has 0 atom stereocenters. The van der Waals surface area contributed by atoms with Crippen molar-refractivity contribution in [1.82, 2.24) is 0 Å². The van der Waals surface area contributed by atoms with Crippen molar-refractivity contribution in [2.75, 3.05) is 17.2 Å². The van der Waals surface area contributed by atoms with E-state index in [1.165, 1.54) is 18.2 Å². The summed E-state index contributed by atoms with van der Waals surface area (Å²) >= 11 is 0. The van der Waals surface area contributed by atoms with Gasteiger partial charge in [-0.1, -0.05) is 6.07 Å². The van der Waals surface area contributed by atoms with Gasteiger partial charge in [0, 0.05) is 22.6 Å². The lowest BCUT2D eigenvalue weighted by atomic mass is 10.2. The number of anilines is 3. The molecule has 3 aromatic rings. The number of rotatable bonds is 6. The van der Waals surface area contributed by atoms with Gasteiger partial charge < -0.3 is 15.4 Å². The van der Waals surface area contributed by atoms with E-state index in [2.05, 4.69) is 10.6 Å². The summed E-state index contributed by atoms with van der Waals surface area (Å²) in [6, 6.07) is 20.6. The fraction of sp³-hybridized carbons (Fsp3) is 0.0952. The predicted octanol–water partition coefficient (Wildman–Crippen LogP) is 5.22. The van der Waals surface area contributed by atoms with Crippen molar-refractivity contribution in [2.24, 2.45) is 0 Å². The van der Waals surface area contributed by atoms with E-state index in [9.17, 15) is 9.18 Å². The SMILES string of the molecule is CCOc1ccc(Nc2ccc(NC(=O)c3cccc(F)c3)cc2)cc1. The number of hydrogen-bond acceptors (Lipinski definition) is 3. The van der Waals surface area contributed by atoms with Gasteiger partial charge in [0.25, 0.3) is 5.91 Å².